The van der Waals surface area contributed by atoms with Gasteiger partial charge in [0.05, 0.1) is 12.8 Å². The summed E-state index contributed by atoms with van der Waals surface area (Å²) in [7, 11) is 0. The third kappa shape index (κ3) is 2.50. The third-order valence-electron chi connectivity index (χ3n) is 2.04. The van der Waals surface area contributed by atoms with Crippen molar-refractivity contribution in [3.05, 3.63) is 47.4 Å². The summed E-state index contributed by atoms with van der Waals surface area (Å²) in [6.07, 6.45) is 1.30. The molecule has 1 aromatic heterocycles. The van der Waals surface area contributed by atoms with Gasteiger partial charge in [-0.2, -0.15) is 4.98 Å². The zero-order valence-electron chi connectivity index (χ0n) is 8.39. The van der Waals surface area contributed by atoms with Gasteiger partial charge in [-0.3, -0.25) is 0 Å². The number of carbonyl (C=O) groups is 1. The van der Waals surface area contributed by atoms with E-state index in [1.54, 1.807) is 12.1 Å². The van der Waals surface area contributed by atoms with Gasteiger partial charge in [-0.1, -0.05) is 17.3 Å². The van der Waals surface area contributed by atoms with Crippen LogP contribution in [0.5, 0.6) is 0 Å². The predicted molar refractivity (Wildman–Crippen MR) is 53.3 cm³/mol. The molecule has 0 aliphatic heterocycles. The maximum Gasteiger partial charge on any atom is 0.231 e. The van der Waals surface area contributed by atoms with E-state index in [1.165, 1.54) is 12.1 Å². The predicted octanol–water partition coefficient (Wildman–Crippen LogP) is 1.54. The van der Waals surface area contributed by atoms with Crippen LogP contribution in [0.1, 0.15) is 17.3 Å². The number of hydrogen-bond acceptors (Lipinski definition) is 4. The first-order valence-corrected chi connectivity index (χ1v) is 4.77. The van der Waals surface area contributed by atoms with E-state index in [0.717, 1.165) is 5.56 Å². The van der Waals surface area contributed by atoms with Crippen molar-refractivity contribution in [3.8, 4) is 0 Å². The fraction of sp³-hybridized carbons (Fsp3) is 0.182. The highest BCUT2D eigenvalue weighted by Gasteiger charge is 2.06. The van der Waals surface area contributed by atoms with Gasteiger partial charge in [0, 0.05) is 0 Å². The van der Waals surface area contributed by atoms with Gasteiger partial charge in [0.2, 0.25) is 5.89 Å². The van der Waals surface area contributed by atoms with E-state index < -0.39 is 0 Å². The van der Waals surface area contributed by atoms with Crippen LogP contribution < -0.4 is 0 Å². The van der Waals surface area contributed by atoms with Crippen molar-refractivity contribution >= 4 is 6.29 Å². The van der Waals surface area contributed by atoms with Gasteiger partial charge in [-0.05, 0) is 17.7 Å². The Labute approximate surface area is 91.1 Å². The minimum atomic E-state index is -0.282. The molecule has 0 unspecified atom stereocenters. The number of hydrogen-bond donors (Lipinski definition) is 0. The van der Waals surface area contributed by atoms with Gasteiger partial charge < -0.3 is 9.32 Å². The maximum atomic E-state index is 12.6. The summed E-state index contributed by atoms with van der Waals surface area (Å²) in [6.45, 7) is 0. The van der Waals surface area contributed by atoms with Crippen LogP contribution >= 0.6 is 0 Å². The molecule has 82 valence electrons. The number of halogens is 1. The molecule has 0 fully saturated rings. The molecule has 5 heteroatoms. The van der Waals surface area contributed by atoms with Crippen molar-refractivity contribution in [2.24, 2.45) is 0 Å². The third-order valence-corrected chi connectivity index (χ3v) is 2.04. The van der Waals surface area contributed by atoms with Crippen molar-refractivity contribution in [1.29, 1.82) is 0 Å². The highest BCUT2D eigenvalue weighted by molar-refractivity contribution is 5.52. The van der Waals surface area contributed by atoms with Crippen LogP contribution in [0.15, 0.2) is 28.8 Å². The smallest absolute Gasteiger partial charge is 0.231 e. The average molecular weight is 220 g/mol. The zero-order chi connectivity index (χ0) is 11.4. The molecule has 0 aliphatic rings. The van der Waals surface area contributed by atoms with Crippen molar-refractivity contribution in [1.82, 2.24) is 10.1 Å². The summed E-state index contributed by atoms with van der Waals surface area (Å²) in [5.41, 5.74) is 0.878. The normalized spacial score (nSPS) is 10.3. The summed E-state index contributed by atoms with van der Waals surface area (Å²) in [5.74, 6) is 0.506. The number of rotatable bonds is 4. The second-order valence-corrected chi connectivity index (χ2v) is 3.28. The highest BCUT2D eigenvalue weighted by Crippen LogP contribution is 2.08. The molecular weight excluding hydrogens is 211 g/mol. The summed E-state index contributed by atoms with van der Waals surface area (Å²) in [5, 5.41) is 3.63. The summed E-state index contributed by atoms with van der Waals surface area (Å²) in [4.78, 5) is 14.2. The van der Waals surface area contributed by atoms with Crippen LogP contribution in [0.3, 0.4) is 0 Å². The van der Waals surface area contributed by atoms with Gasteiger partial charge in [0.25, 0.3) is 0 Å². The molecular formula is C11H9FN2O2. The maximum absolute atomic E-state index is 12.6. The van der Waals surface area contributed by atoms with Crippen molar-refractivity contribution in [3.63, 3.8) is 0 Å². The first-order valence-electron chi connectivity index (χ1n) is 4.77. The molecule has 0 aliphatic carbocycles. The molecule has 1 heterocycles. The number of carbonyl (C=O) groups excluding carboxylic acids is 1. The first-order chi connectivity index (χ1) is 7.78. The van der Waals surface area contributed by atoms with E-state index in [2.05, 4.69) is 10.1 Å². The van der Waals surface area contributed by atoms with E-state index in [4.69, 9.17) is 4.52 Å². The van der Waals surface area contributed by atoms with Crippen LogP contribution in [-0.2, 0) is 17.6 Å². The Bertz CT molecular complexity index is 479. The Morgan fingerprint density at radius 3 is 2.75 bits per heavy atom. The molecule has 4 nitrogen and oxygen atoms in total. The van der Waals surface area contributed by atoms with E-state index >= 15 is 0 Å². The van der Waals surface area contributed by atoms with Crippen molar-refractivity contribution < 1.29 is 13.7 Å². The van der Waals surface area contributed by atoms with Gasteiger partial charge in [0.15, 0.2) is 5.82 Å². The minimum Gasteiger partial charge on any atom is -0.339 e. The highest BCUT2D eigenvalue weighted by atomic mass is 19.1. The lowest BCUT2D eigenvalue weighted by Crippen LogP contribution is -1.91. The molecule has 1 aromatic carbocycles. The number of nitrogens with zero attached hydrogens (tertiary/aromatic N) is 2. The molecule has 0 bridgehead atoms. The second-order valence-electron chi connectivity index (χ2n) is 3.28. The Balaban J connectivity index is 2.08. The number of aromatic nitrogens is 2. The van der Waals surface area contributed by atoms with Crippen molar-refractivity contribution in [2.45, 2.75) is 12.8 Å². The fourth-order valence-corrected chi connectivity index (χ4v) is 1.30. The summed E-state index contributed by atoms with van der Waals surface area (Å²) >= 11 is 0. The largest absolute Gasteiger partial charge is 0.339 e. The molecule has 0 spiro atoms. The van der Waals surface area contributed by atoms with Crippen molar-refractivity contribution in [2.75, 3.05) is 0 Å². The quantitative estimate of drug-likeness (QED) is 0.733. The van der Waals surface area contributed by atoms with E-state index in [9.17, 15) is 9.18 Å². The zero-order valence-corrected chi connectivity index (χ0v) is 8.39. The SMILES string of the molecule is O=CCc1noc(Cc2ccc(F)cc2)n1. The van der Waals surface area contributed by atoms with Crippen LogP contribution in [-0.4, -0.2) is 16.4 Å². The monoisotopic (exact) mass is 220 g/mol. The van der Waals surface area contributed by atoms with Crippen LogP contribution in [0.25, 0.3) is 0 Å². The van der Waals surface area contributed by atoms with Gasteiger partial charge in [0.1, 0.15) is 12.1 Å². The molecule has 2 rings (SSSR count). The molecule has 2 aromatic rings. The minimum absolute atomic E-state index is 0.146. The van der Waals surface area contributed by atoms with Crippen LogP contribution in [0.2, 0.25) is 0 Å². The molecule has 0 atom stereocenters. The van der Waals surface area contributed by atoms with Gasteiger partial charge >= 0.3 is 0 Å². The van der Waals surface area contributed by atoms with Crippen LogP contribution in [0, 0.1) is 5.82 Å². The lowest BCUT2D eigenvalue weighted by Gasteiger charge is -1.95. The lowest BCUT2D eigenvalue weighted by molar-refractivity contribution is -0.107. The van der Waals surface area contributed by atoms with Gasteiger partial charge in [-0.15, -0.1) is 0 Å². The Morgan fingerprint density at radius 1 is 1.31 bits per heavy atom. The molecule has 0 saturated carbocycles. The molecule has 0 N–H and O–H groups in total. The Morgan fingerprint density at radius 2 is 2.06 bits per heavy atom. The Hall–Kier alpha value is -2.04. The second kappa shape index (κ2) is 4.65. The topological polar surface area (TPSA) is 56.0 Å². The summed E-state index contributed by atoms with van der Waals surface area (Å²) in [6, 6.07) is 6.05. The molecule has 0 saturated heterocycles. The number of aldehydes is 1. The number of benzene rings is 1. The van der Waals surface area contributed by atoms with Gasteiger partial charge in [-0.25, -0.2) is 4.39 Å². The van der Waals surface area contributed by atoms with E-state index in [1.807, 2.05) is 0 Å². The van der Waals surface area contributed by atoms with E-state index in [0.29, 0.717) is 24.4 Å². The average Bonchev–Trinajstić information content (AvgIpc) is 2.70. The first kappa shape index (κ1) is 10.5. The molecule has 0 radical (unpaired) electrons. The van der Waals surface area contributed by atoms with E-state index in [-0.39, 0.29) is 12.2 Å². The molecule has 0 amide bonds. The fourth-order valence-electron chi connectivity index (χ4n) is 1.30. The lowest BCUT2D eigenvalue weighted by atomic mass is 10.1. The Kier molecular flexibility index (Phi) is 3.05. The van der Waals surface area contributed by atoms with Crippen LogP contribution in [0.4, 0.5) is 4.39 Å². The molecule has 16 heavy (non-hydrogen) atoms. The standard InChI is InChI=1S/C11H9FN2O2/c12-9-3-1-8(2-4-9)7-11-13-10(5-6-15)14-16-11/h1-4,6H,5,7H2. The summed E-state index contributed by atoms with van der Waals surface area (Å²) < 4.78 is 17.6.